The summed E-state index contributed by atoms with van der Waals surface area (Å²) in [6.07, 6.45) is -13.1. The second kappa shape index (κ2) is 9.00. The zero-order chi connectivity index (χ0) is 28.1. The van der Waals surface area contributed by atoms with Gasteiger partial charge in [-0.15, -0.1) is 4.90 Å². The largest absolute Gasteiger partial charge is 0.445 e. The minimum atomic E-state index is -5.78. The number of aromatic nitrogens is 1. The van der Waals surface area contributed by atoms with E-state index in [0.717, 1.165) is 6.07 Å². The van der Waals surface area contributed by atoms with Crippen LogP contribution in [0.4, 0.5) is 41.7 Å². The summed E-state index contributed by atoms with van der Waals surface area (Å²) in [5.41, 5.74) is -1.89. The van der Waals surface area contributed by atoms with Gasteiger partial charge in [0, 0.05) is 0 Å². The molecule has 1 aliphatic rings. The van der Waals surface area contributed by atoms with Gasteiger partial charge in [-0.3, -0.25) is 0 Å². The average molecular weight is 528 g/mol. The van der Waals surface area contributed by atoms with E-state index in [1.807, 2.05) is 0 Å². The highest BCUT2D eigenvalue weighted by Crippen LogP contribution is 2.51. The van der Waals surface area contributed by atoms with Gasteiger partial charge >= 0.3 is 30.3 Å². The maximum atomic E-state index is 15.3. The molecule has 2 N–H and O–H groups in total. The van der Waals surface area contributed by atoms with E-state index in [9.17, 15) is 27.2 Å². The molecule has 2 amide bonds. The van der Waals surface area contributed by atoms with E-state index in [1.165, 1.54) is 41.5 Å². The molecule has 0 bridgehead atoms. The molecular weight excluding hydrogens is 502 g/mol. The van der Waals surface area contributed by atoms with Gasteiger partial charge in [-0.25, -0.2) is 24.0 Å². The smallest absolute Gasteiger partial charge is 0.431 e. The number of ether oxygens (including phenoxy) is 3. The second-order valence-electron chi connectivity index (χ2n) is 9.99. The second-order valence-corrected chi connectivity index (χ2v) is 9.99. The molecule has 1 aromatic heterocycles. The van der Waals surface area contributed by atoms with Crippen LogP contribution < -0.4 is 5.73 Å². The number of pyridine rings is 1. The van der Waals surface area contributed by atoms with Gasteiger partial charge in [0.15, 0.2) is 5.54 Å². The SMILES string of the molecule is CC(C)(C)OC(=O)N(C(=O)OC(C)(C)C)C1=N[C@](C)(c2nc(N)ccc2F)C(F)(F)[C@@H](C(F)(F)F)O1. The number of amidine groups is 1. The number of carbonyl (C=O) groups excluding carboxylic acids is 2. The molecule has 0 aliphatic carbocycles. The number of rotatable bonds is 1. The Morgan fingerprint density at radius 1 is 1.03 bits per heavy atom. The molecule has 2 rings (SSSR count). The van der Waals surface area contributed by atoms with Crippen molar-refractivity contribution < 1.29 is 50.1 Å². The Hall–Kier alpha value is -3.26. The number of nitrogens with zero attached hydrogens (tertiary/aromatic N) is 3. The number of halogens is 6. The molecule has 202 valence electrons. The minimum absolute atomic E-state index is 0.215. The molecule has 0 unspecified atom stereocenters. The van der Waals surface area contributed by atoms with Crippen LogP contribution in [0.2, 0.25) is 0 Å². The fourth-order valence-electron chi connectivity index (χ4n) is 2.96. The number of amides is 2. The van der Waals surface area contributed by atoms with Gasteiger partial charge in [-0.2, -0.15) is 22.0 Å². The van der Waals surface area contributed by atoms with Crippen LogP contribution in [0.5, 0.6) is 0 Å². The lowest BCUT2D eigenvalue weighted by Gasteiger charge is -2.43. The molecule has 1 aromatic rings. The topological polar surface area (TPSA) is 116 Å². The van der Waals surface area contributed by atoms with Crippen molar-refractivity contribution in [1.29, 1.82) is 0 Å². The molecule has 9 nitrogen and oxygen atoms in total. The lowest BCUT2D eigenvalue weighted by molar-refractivity contribution is -0.289. The van der Waals surface area contributed by atoms with E-state index in [2.05, 4.69) is 14.7 Å². The Kier molecular flexibility index (Phi) is 7.24. The van der Waals surface area contributed by atoms with Crippen molar-refractivity contribution in [2.75, 3.05) is 5.73 Å². The summed E-state index contributed by atoms with van der Waals surface area (Å²) in [5.74, 6) is -6.98. The van der Waals surface area contributed by atoms with Crippen molar-refractivity contribution >= 4 is 24.0 Å². The molecule has 36 heavy (non-hydrogen) atoms. The summed E-state index contributed by atoms with van der Waals surface area (Å²) in [6.45, 7) is 8.63. The lowest BCUT2D eigenvalue weighted by Crippen LogP contribution is -2.64. The van der Waals surface area contributed by atoms with Crippen LogP contribution in [0.25, 0.3) is 0 Å². The Balaban J connectivity index is 2.86. The summed E-state index contributed by atoms with van der Waals surface area (Å²) in [7, 11) is 0. The van der Waals surface area contributed by atoms with Gasteiger partial charge < -0.3 is 19.9 Å². The Morgan fingerprint density at radius 3 is 1.92 bits per heavy atom. The average Bonchev–Trinajstić information content (AvgIpc) is 2.62. The third kappa shape index (κ3) is 5.93. The van der Waals surface area contributed by atoms with E-state index in [-0.39, 0.29) is 4.90 Å². The number of alkyl halides is 5. The molecule has 0 saturated heterocycles. The van der Waals surface area contributed by atoms with Gasteiger partial charge in [0.1, 0.15) is 28.5 Å². The van der Waals surface area contributed by atoms with E-state index >= 15 is 8.78 Å². The molecular formula is C21H26F6N4O5. The van der Waals surface area contributed by atoms with Gasteiger partial charge in [-0.1, -0.05) is 0 Å². The van der Waals surface area contributed by atoms with Gasteiger partial charge in [0.2, 0.25) is 0 Å². The van der Waals surface area contributed by atoms with E-state index in [0.29, 0.717) is 13.0 Å². The minimum Gasteiger partial charge on any atom is -0.445 e. The number of nitrogens with two attached hydrogens (primary N) is 1. The molecule has 0 fully saturated rings. The summed E-state index contributed by atoms with van der Waals surface area (Å²) < 4.78 is 101. The highest BCUT2D eigenvalue weighted by Gasteiger charge is 2.71. The molecule has 1 aliphatic heterocycles. The van der Waals surface area contributed by atoms with E-state index in [4.69, 9.17) is 15.2 Å². The van der Waals surface area contributed by atoms with Crippen molar-refractivity contribution in [1.82, 2.24) is 9.88 Å². The van der Waals surface area contributed by atoms with Gasteiger partial charge in [0.25, 0.3) is 6.10 Å². The predicted molar refractivity (Wildman–Crippen MR) is 114 cm³/mol. The summed E-state index contributed by atoms with van der Waals surface area (Å²) >= 11 is 0. The highest BCUT2D eigenvalue weighted by atomic mass is 19.4. The standard InChI is InChI=1S/C21H26F6N4O5/c1-17(2,3)35-15(32)31(16(33)36-18(4,5)6)14-30-19(7,12-10(22)8-9-11(28)29-12)20(23,24)13(34-14)21(25,26)27/h8-9,13H,1-7H3,(H2,28,29)/t13-,19+/m0/s1. The Bertz CT molecular complexity index is 1040. The number of carbonyl (C=O) groups is 2. The maximum absolute atomic E-state index is 15.3. The summed E-state index contributed by atoms with van der Waals surface area (Å²) in [5, 5.41) is 0. The molecule has 0 saturated carbocycles. The molecule has 0 aromatic carbocycles. The number of hydrogen-bond donors (Lipinski definition) is 1. The number of anilines is 1. The van der Waals surface area contributed by atoms with Crippen molar-refractivity contribution in [3.8, 4) is 0 Å². The van der Waals surface area contributed by atoms with Crippen LogP contribution in [-0.4, -0.2) is 57.5 Å². The van der Waals surface area contributed by atoms with Gasteiger partial charge in [0.05, 0.1) is 0 Å². The first kappa shape index (κ1) is 29.0. The van der Waals surface area contributed by atoms with Crippen molar-refractivity contribution in [2.45, 2.75) is 83.4 Å². The zero-order valence-electron chi connectivity index (χ0n) is 20.5. The Labute approximate surface area is 202 Å². The first-order valence-corrected chi connectivity index (χ1v) is 10.4. The first-order chi connectivity index (χ1) is 16.0. The van der Waals surface area contributed by atoms with Gasteiger partial charge in [-0.05, 0) is 60.6 Å². The van der Waals surface area contributed by atoms with E-state index in [1.54, 1.807) is 0 Å². The van der Waals surface area contributed by atoms with Crippen LogP contribution >= 0.6 is 0 Å². The quantitative estimate of drug-likeness (QED) is 0.502. The Morgan fingerprint density at radius 2 is 1.50 bits per heavy atom. The molecule has 0 radical (unpaired) electrons. The van der Waals surface area contributed by atoms with Crippen LogP contribution in [-0.2, 0) is 19.7 Å². The zero-order valence-corrected chi connectivity index (χ0v) is 20.5. The fourth-order valence-corrected chi connectivity index (χ4v) is 2.96. The molecule has 0 spiro atoms. The van der Waals surface area contributed by atoms with Crippen molar-refractivity contribution in [3.05, 3.63) is 23.6 Å². The van der Waals surface area contributed by atoms with Crippen molar-refractivity contribution in [2.24, 2.45) is 4.99 Å². The highest BCUT2D eigenvalue weighted by molar-refractivity contribution is 6.06. The van der Waals surface area contributed by atoms with Crippen LogP contribution in [0.15, 0.2) is 17.1 Å². The molecule has 15 heteroatoms. The lowest BCUT2D eigenvalue weighted by atomic mass is 9.84. The van der Waals surface area contributed by atoms with Crippen LogP contribution in [0.1, 0.15) is 54.2 Å². The normalized spacial score (nSPS) is 22.2. The number of aliphatic imine (C=N–C) groups is 1. The third-order valence-electron chi connectivity index (χ3n) is 4.49. The summed E-state index contributed by atoms with van der Waals surface area (Å²) in [6, 6.07) is -0.0804. The molecule has 2 heterocycles. The third-order valence-corrected chi connectivity index (χ3v) is 4.49. The predicted octanol–water partition coefficient (Wildman–Crippen LogP) is 5.14. The molecule has 2 atom stereocenters. The number of hydrogen-bond acceptors (Lipinski definition) is 8. The number of imide groups is 1. The van der Waals surface area contributed by atoms with Crippen molar-refractivity contribution in [3.63, 3.8) is 0 Å². The first-order valence-electron chi connectivity index (χ1n) is 10.4. The van der Waals surface area contributed by atoms with Crippen LogP contribution in [0.3, 0.4) is 0 Å². The number of nitrogen functional groups attached to an aromatic ring is 1. The summed E-state index contributed by atoms with van der Waals surface area (Å²) in [4.78, 5) is 32.3. The van der Waals surface area contributed by atoms with E-state index < -0.39 is 70.5 Å². The fraction of sp³-hybridized carbons (Fsp3) is 0.619. The van der Waals surface area contributed by atoms with Crippen LogP contribution in [0, 0.1) is 5.82 Å². The monoisotopic (exact) mass is 528 g/mol. The maximum Gasteiger partial charge on any atom is 0.431 e.